The van der Waals surface area contributed by atoms with Crippen molar-refractivity contribution in [2.75, 3.05) is 25.6 Å². The number of nitrogens with two attached hydrogens (primary N) is 1. The Morgan fingerprint density at radius 3 is 2.46 bits per heavy atom. The number of anilines is 1. The van der Waals surface area contributed by atoms with Crippen LogP contribution in [0.15, 0.2) is 6.33 Å². The molecule has 0 unspecified atom stereocenters. The van der Waals surface area contributed by atoms with E-state index in [-0.39, 0.29) is 35.5 Å². The summed E-state index contributed by atoms with van der Waals surface area (Å²) in [5, 5.41) is 19.5. The van der Waals surface area contributed by atoms with Crippen molar-refractivity contribution < 1.29 is 47.9 Å². The summed E-state index contributed by atoms with van der Waals surface area (Å²) in [6, 6.07) is 0. The summed E-state index contributed by atoms with van der Waals surface area (Å²) in [6.07, 6.45) is -6.76. The molecule has 0 aliphatic carbocycles. The van der Waals surface area contributed by atoms with Crippen LogP contribution in [0.1, 0.15) is 26.5 Å². The summed E-state index contributed by atoms with van der Waals surface area (Å²) in [7, 11) is 0. The number of nitrogens with zero attached hydrogens (tertiary/aromatic N) is 4. The van der Waals surface area contributed by atoms with E-state index in [2.05, 4.69) is 15.0 Å². The number of hydrogen-bond donors (Lipinski definition) is 3. The molecule has 35 heavy (non-hydrogen) atoms. The van der Waals surface area contributed by atoms with Crippen molar-refractivity contribution in [1.82, 2.24) is 19.5 Å². The Bertz CT molecular complexity index is 1100. The van der Waals surface area contributed by atoms with E-state index in [0.717, 1.165) is 10.9 Å². The molecule has 0 saturated carbocycles. The molecule has 0 bridgehead atoms. The minimum absolute atomic E-state index is 0.0298. The zero-order valence-electron chi connectivity index (χ0n) is 18.6. The number of imidazole rings is 1. The molecule has 1 fully saturated rings. The third kappa shape index (κ3) is 5.12. The number of aliphatic carboxylic acids is 1. The Labute approximate surface area is 202 Å². The molecular weight excluding hydrogens is 497 g/mol. The topological polar surface area (TPSA) is 198 Å². The molecule has 0 spiro atoms. The first-order valence-electron chi connectivity index (χ1n) is 10.4. The quantitative estimate of drug-likeness (QED) is 0.216. The van der Waals surface area contributed by atoms with Crippen molar-refractivity contribution in [2.45, 2.75) is 50.5 Å². The van der Waals surface area contributed by atoms with Crippen molar-refractivity contribution >= 4 is 46.5 Å². The molecule has 1 saturated heterocycles. The normalized spacial score (nSPS) is 22.3. The van der Waals surface area contributed by atoms with Crippen LogP contribution in [0.2, 0.25) is 5.28 Å². The van der Waals surface area contributed by atoms with Crippen LogP contribution in [0.25, 0.3) is 11.2 Å². The van der Waals surface area contributed by atoms with Gasteiger partial charge in [0, 0.05) is 0 Å². The van der Waals surface area contributed by atoms with Crippen LogP contribution in [0.3, 0.4) is 0 Å². The number of carboxylic acid groups (broad SMARTS) is 1. The Hall–Kier alpha value is -3.14. The highest BCUT2D eigenvalue weighted by Crippen LogP contribution is 2.35. The number of ether oxygens (including phenoxy) is 4. The Morgan fingerprint density at radius 2 is 1.89 bits per heavy atom. The van der Waals surface area contributed by atoms with E-state index in [1.54, 1.807) is 0 Å². The van der Waals surface area contributed by atoms with Crippen LogP contribution in [0.4, 0.5) is 10.2 Å². The van der Waals surface area contributed by atoms with Gasteiger partial charge in [-0.2, -0.15) is 9.97 Å². The maximum absolute atomic E-state index is 15.0. The fourth-order valence-corrected chi connectivity index (χ4v) is 3.66. The zero-order chi connectivity index (χ0) is 25.9. The molecule has 14 nitrogen and oxygen atoms in total. The molecule has 2 aromatic rings. The van der Waals surface area contributed by atoms with Crippen LogP contribution in [0.5, 0.6) is 0 Å². The van der Waals surface area contributed by atoms with E-state index in [9.17, 15) is 24.6 Å². The summed E-state index contributed by atoms with van der Waals surface area (Å²) in [5.74, 6) is -4.26. The minimum atomic E-state index is -2.71. The highest BCUT2D eigenvalue weighted by Gasteiger charge is 2.54. The van der Waals surface area contributed by atoms with Crippen LogP contribution >= 0.6 is 11.6 Å². The van der Waals surface area contributed by atoms with Gasteiger partial charge in [-0.05, 0) is 25.4 Å². The molecule has 0 amide bonds. The highest BCUT2D eigenvalue weighted by molar-refractivity contribution is 6.28. The lowest BCUT2D eigenvalue weighted by Gasteiger charge is -2.29. The SMILES string of the molecule is CCOC(=O)C(CC(=O)O)(OC[C@H]1O[C@@H](n2cnc3c(N)nc(Cl)nc32)[C@@H](F)[C@@H]1O)C(=O)OCC. The standard InChI is InChI=1S/C19H23ClFN5O9/c1-3-32-16(30)19(5-9(27)28,17(31)33-4-2)34-6-8-12(29)10(21)15(35-8)26-7-23-11-13(22)24-18(20)25-14(11)26/h7-8,10,12,15,29H,3-6H2,1-2H3,(H,27,28)(H2,22,24,25)/t8-,10+,12-,15-/m1/s1. The molecule has 192 valence electrons. The van der Waals surface area contributed by atoms with Gasteiger partial charge in [-0.15, -0.1) is 0 Å². The second-order valence-electron chi connectivity index (χ2n) is 7.35. The van der Waals surface area contributed by atoms with Crippen molar-refractivity contribution in [3.8, 4) is 0 Å². The maximum atomic E-state index is 15.0. The molecule has 4 atom stereocenters. The number of carbonyl (C=O) groups excluding carboxylic acids is 2. The number of aliphatic hydroxyl groups excluding tert-OH is 1. The number of carboxylic acids is 1. The van der Waals surface area contributed by atoms with E-state index in [4.69, 9.17) is 36.3 Å². The van der Waals surface area contributed by atoms with Crippen LogP contribution < -0.4 is 5.73 Å². The van der Waals surface area contributed by atoms with Crippen molar-refractivity contribution in [3.63, 3.8) is 0 Å². The predicted molar refractivity (Wildman–Crippen MR) is 114 cm³/mol. The number of esters is 2. The summed E-state index contributed by atoms with van der Waals surface area (Å²) in [5.41, 5.74) is 3.19. The average Bonchev–Trinajstić information content (AvgIpc) is 3.32. The summed E-state index contributed by atoms with van der Waals surface area (Å²) in [6.45, 7) is 1.72. The number of alkyl halides is 1. The number of fused-ring (bicyclic) bond motifs is 1. The third-order valence-electron chi connectivity index (χ3n) is 5.09. The monoisotopic (exact) mass is 519 g/mol. The first kappa shape index (κ1) is 26.5. The van der Waals surface area contributed by atoms with Crippen molar-refractivity contribution in [3.05, 3.63) is 11.6 Å². The number of nitrogen functional groups attached to an aromatic ring is 1. The van der Waals surface area contributed by atoms with E-state index >= 15 is 4.39 Å². The van der Waals surface area contributed by atoms with Gasteiger partial charge in [-0.25, -0.2) is 19.0 Å². The first-order valence-corrected chi connectivity index (χ1v) is 10.8. The lowest BCUT2D eigenvalue weighted by atomic mass is 9.99. The van der Waals surface area contributed by atoms with Gasteiger partial charge in [-0.3, -0.25) is 9.36 Å². The molecule has 0 radical (unpaired) electrons. The molecular formula is C19H23ClFN5O9. The second-order valence-corrected chi connectivity index (χ2v) is 7.69. The van der Waals surface area contributed by atoms with Gasteiger partial charge in [0.25, 0.3) is 5.60 Å². The number of carbonyl (C=O) groups is 3. The number of aromatic nitrogens is 4. The van der Waals surface area contributed by atoms with Gasteiger partial charge in [0.1, 0.15) is 17.7 Å². The summed E-state index contributed by atoms with van der Waals surface area (Å²) >= 11 is 5.82. The minimum Gasteiger partial charge on any atom is -0.481 e. The molecule has 1 aliphatic heterocycles. The van der Waals surface area contributed by atoms with Crippen molar-refractivity contribution in [1.29, 1.82) is 0 Å². The van der Waals surface area contributed by atoms with Crippen LogP contribution in [-0.2, 0) is 33.3 Å². The molecule has 1 aliphatic rings. The number of hydrogen-bond acceptors (Lipinski definition) is 12. The molecule has 16 heteroatoms. The largest absolute Gasteiger partial charge is 0.481 e. The van der Waals surface area contributed by atoms with Crippen LogP contribution in [-0.4, -0.2) is 91.4 Å². The zero-order valence-corrected chi connectivity index (χ0v) is 19.3. The van der Waals surface area contributed by atoms with Gasteiger partial charge in [0.2, 0.25) is 5.28 Å². The third-order valence-corrected chi connectivity index (χ3v) is 5.26. The van der Waals surface area contributed by atoms with Gasteiger partial charge in [-0.1, -0.05) is 0 Å². The van der Waals surface area contributed by atoms with Crippen LogP contribution in [0, 0.1) is 0 Å². The van der Waals surface area contributed by atoms with Gasteiger partial charge in [0.05, 0.1) is 32.6 Å². The number of halogens is 2. The molecule has 2 aromatic heterocycles. The van der Waals surface area contributed by atoms with E-state index in [1.165, 1.54) is 13.8 Å². The molecule has 4 N–H and O–H groups in total. The predicted octanol–water partition coefficient (Wildman–Crippen LogP) is 0.0146. The fraction of sp³-hybridized carbons (Fsp3) is 0.579. The van der Waals surface area contributed by atoms with Crippen molar-refractivity contribution in [2.24, 2.45) is 0 Å². The van der Waals surface area contributed by atoms with E-state index in [1.807, 2.05) is 0 Å². The second kappa shape index (κ2) is 10.6. The van der Waals surface area contributed by atoms with Gasteiger partial charge >= 0.3 is 17.9 Å². The smallest absolute Gasteiger partial charge is 0.350 e. The summed E-state index contributed by atoms with van der Waals surface area (Å²) < 4.78 is 36.8. The van der Waals surface area contributed by atoms with Gasteiger partial charge < -0.3 is 34.9 Å². The van der Waals surface area contributed by atoms with E-state index < -0.39 is 61.1 Å². The summed E-state index contributed by atoms with van der Waals surface area (Å²) in [4.78, 5) is 48.3. The Balaban J connectivity index is 1.88. The van der Waals surface area contributed by atoms with Gasteiger partial charge in [0.15, 0.2) is 23.9 Å². The Kier molecular flexibility index (Phi) is 8.04. The molecule has 0 aromatic carbocycles. The maximum Gasteiger partial charge on any atom is 0.350 e. The first-order chi connectivity index (χ1) is 16.5. The molecule has 3 rings (SSSR count). The fourth-order valence-electron chi connectivity index (χ4n) is 3.49. The highest BCUT2D eigenvalue weighted by atomic mass is 35.5. The molecule has 3 heterocycles. The lowest BCUT2D eigenvalue weighted by molar-refractivity contribution is -0.200. The number of aliphatic hydroxyl groups is 1. The Morgan fingerprint density at radius 1 is 1.26 bits per heavy atom. The number of rotatable bonds is 10. The lowest BCUT2D eigenvalue weighted by Crippen LogP contribution is -2.54. The average molecular weight is 520 g/mol. The van der Waals surface area contributed by atoms with E-state index in [0.29, 0.717) is 0 Å².